The Labute approximate surface area is 151 Å². The van der Waals surface area contributed by atoms with E-state index in [4.69, 9.17) is 4.98 Å². The van der Waals surface area contributed by atoms with E-state index in [2.05, 4.69) is 22.1 Å². The van der Waals surface area contributed by atoms with E-state index in [0.29, 0.717) is 11.6 Å². The second-order valence-electron chi connectivity index (χ2n) is 6.72. The van der Waals surface area contributed by atoms with Gasteiger partial charge in [-0.3, -0.25) is 9.88 Å². The first kappa shape index (κ1) is 16.7. The maximum atomic E-state index is 11.3. The van der Waals surface area contributed by atoms with Crippen LogP contribution in [0.3, 0.4) is 0 Å². The van der Waals surface area contributed by atoms with Gasteiger partial charge in [0.25, 0.3) is 0 Å². The Hall–Kier alpha value is -2.73. The van der Waals surface area contributed by atoms with Crippen LogP contribution in [-0.2, 0) is 0 Å². The van der Waals surface area contributed by atoms with Crippen LogP contribution in [-0.4, -0.2) is 51.6 Å². The molecule has 26 heavy (non-hydrogen) atoms. The third kappa shape index (κ3) is 2.97. The van der Waals surface area contributed by atoms with Gasteiger partial charge in [-0.15, -0.1) is 0 Å². The van der Waals surface area contributed by atoms with E-state index < -0.39 is 5.97 Å². The van der Waals surface area contributed by atoms with Crippen molar-refractivity contribution in [2.45, 2.75) is 25.8 Å². The maximum absolute atomic E-state index is 11.3. The van der Waals surface area contributed by atoms with Crippen LogP contribution in [0.15, 0.2) is 36.7 Å². The van der Waals surface area contributed by atoms with Crippen LogP contribution in [0.4, 0.5) is 5.82 Å². The summed E-state index contributed by atoms with van der Waals surface area (Å²) in [6, 6.07) is 7.53. The Kier molecular flexibility index (Phi) is 4.42. The number of nitrogens with zero attached hydrogens (tertiary/aromatic N) is 3. The van der Waals surface area contributed by atoms with Crippen molar-refractivity contribution in [1.29, 1.82) is 0 Å². The summed E-state index contributed by atoms with van der Waals surface area (Å²) in [6.07, 6.45) is 6.01. The van der Waals surface area contributed by atoms with Gasteiger partial charge in [0.05, 0.1) is 11.1 Å². The fraction of sp³-hybridized carbons (Fsp3) is 0.350. The Morgan fingerprint density at radius 3 is 3.00 bits per heavy atom. The van der Waals surface area contributed by atoms with Crippen molar-refractivity contribution in [3.63, 3.8) is 0 Å². The van der Waals surface area contributed by atoms with Gasteiger partial charge in [-0.25, -0.2) is 9.78 Å². The molecule has 6 nitrogen and oxygen atoms in total. The minimum atomic E-state index is -0.945. The molecular weight excluding hydrogens is 328 g/mol. The molecule has 4 rings (SSSR count). The zero-order chi connectivity index (χ0) is 18.1. The van der Waals surface area contributed by atoms with Gasteiger partial charge in [-0.05, 0) is 44.1 Å². The number of nitrogens with one attached hydrogen (secondary N) is 1. The topological polar surface area (TPSA) is 78.4 Å². The van der Waals surface area contributed by atoms with Crippen LogP contribution < -0.4 is 5.32 Å². The maximum Gasteiger partial charge on any atom is 0.335 e. The first-order valence-electron chi connectivity index (χ1n) is 9.06. The molecular formula is C20H22N4O2. The Morgan fingerprint density at radius 1 is 1.31 bits per heavy atom. The number of likely N-dealkylation sites (N-methyl/N-ethyl adjacent to an activating group) is 1. The molecule has 6 heteroatoms. The van der Waals surface area contributed by atoms with Gasteiger partial charge in [0, 0.05) is 41.1 Å². The quantitative estimate of drug-likeness (QED) is 0.687. The fourth-order valence-electron chi connectivity index (χ4n) is 3.87. The molecule has 0 aliphatic carbocycles. The molecule has 0 bridgehead atoms. The number of hydrogen-bond donors (Lipinski definition) is 2. The van der Waals surface area contributed by atoms with Gasteiger partial charge in [0.15, 0.2) is 0 Å². The van der Waals surface area contributed by atoms with E-state index in [1.807, 2.05) is 18.3 Å². The van der Waals surface area contributed by atoms with E-state index in [-0.39, 0.29) is 5.56 Å². The van der Waals surface area contributed by atoms with Gasteiger partial charge >= 0.3 is 5.97 Å². The Bertz CT molecular complexity index is 973. The third-order valence-electron chi connectivity index (χ3n) is 5.25. The lowest BCUT2D eigenvalue weighted by molar-refractivity contribution is 0.0697. The highest BCUT2D eigenvalue weighted by atomic mass is 16.4. The van der Waals surface area contributed by atoms with Crippen LogP contribution in [0.5, 0.6) is 0 Å². The highest BCUT2D eigenvalue weighted by Crippen LogP contribution is 2.29. The lowest BCUT2D eigenvalue weighted by Crippen LogP contribution is -2.34. The summed E-state index contributed by atoms with van der Waals surface area (Å²) in [5, 5.41) is 15.7. The highest BCUT2D eigenvalue weighted by Gasteiger charge is 2.23. The van der Waals surface area contributed by atoms with Gasteiger partial charge < -0.3 is 10.4 Å². The number of hydrogen-bond acceptors (Lipinski definition) is 5. The number of carboxylic acids is 1. The van der Waals surface area contributed by atoms with E-state index in [1.54, 1.807) is 18.3 Å². The van der Waals surface area contributed by atoms with E-state index in [1.165, 1.54) is 12.8 Å². The summed E-state index contributed by atoms with van der Waals surface area (Å²) in [4.78, 5) is 22.8. The number of carbonyl (C=O) groups is 1. The number of pyridine rings is 2. The number of fused-ring (bicyclic) bond motifs is 3. The fourth-order valence-corrected chi connectivity index (χ4v) is 3.87. The van der Waals surface area contributed by atoms with E-state index in [0.717, 1.165) is 41.6 Å². The lowest BCUT2D eigenvalue weighted by Gasteiger charge is -2.23. The smallest absolute Gasteiger partial charge is 0.335 e. The Morgan fingerprint density at radius 2 is 2.19 bits per heavy atom. The number of anilines is 1. The molecule has 0 amide bonds. The van der Waals surface area contributed by atoms with Gasteiger partial charge in [0.2, 0.25) is 0 Å². The SMILES string of the molecule is CCN1CCCC1CNc1nc2cc(C(=O)O)ccc2c2cnccc12. The second-order valence-corrected chi connectivity index (χ2v) is 6.72. The number of likely N-dealkylation sites (tertiary alicyclic amines) is 1. The summed E-state index contributed by atoms with van der Waals surface area (Å²) < 4.78 is 0. The first-order chi connectivity index (χ1) is 12.7. The predicted molar refractivity (Wildman–Crippen MR) is 103 cm³/mol. The molecule has 1 aromatic carbocycles. The molecule has 1 aliphatic rings. The molecule has 1 fully saturated rings. The summed E-state index contributed by atoms with van der Waals surface area (Å²) in [5.41, 5.74) is 0.916. The van der Waals surface area contributed by atoms with Crippen LogP contribution in [0.1, 0.15) is 30.1 Å². The summed E-state index contributed by atoms with van der Waals surface area (Å²) in [6.45, 7) is 5.24. The van der Waals surface area contributed by atoms with Gasteiger partial charge in [-0.2, -0.15) is 0 Å². The average Bonchev–Trinajstić information content (AvgIpc) is 3.13. The van der Waals surface area contributed by atoms with Crippen molar-refractivity contribution >= 4 is 33.5 Å². The normalized spacial score (nSPS) is 17.8. The molecule has 0 radical (unpaired) electrons. The Balaban J connectivity index is 1.75. The van der Waals surface area contributed by atoms with E-state index in [9.17, 15) is 9.90 Å². The van der Waals surface area contributed by atoms with Crippen molar-refractivity contribution in [3.05, 3.63) is 42.2 Å². The molecule has 2 aromatic heterocycles. The summed E-state index contributed by atoms with van der Waals surface area (Å²) in [7, 11) is 0. The van der Waals surface area contributed by atoms with E-state index >= 15 is 0 Å². The van der Waals surface area contributed by atoms with Crippen molar-refractivity contribution in [2.24, 2.45) is 0 Å². The van der Waals surface area contributed by atoms with Crippen LogP contribution in [0.25, 0.3) is 21.7 Å². The minimum Gasteiger partial charge on any atom is -0.478 e. The largest absolute Gasteiger partial charge is 0.478 e. The molecule has 0 saturated carbocycles. The summed E-state index contributed by atoms with van der Waals surface area (Å²) >= 11 is 0. The zero-order valence-corrected chi connectivity index (χ0v) is 14.8. The molecule has 0 spiro atoms. The average molecular weight is 350 g/mol. The van der Waals surface area contributed by atoms with Crippen LogP contribution in [0, 0.1) is 0 Å². The van der Waals surface area contributed by atoms with Crippen LogP contribution in [0.2, 0.25) is 0 Å². The molecule has 134 valence electrons. The van der Waals surface area contributed by atoms with Crippen molar-refractivity contribution in [1.82, 2.24) is 14.9 Å². The van der Waals surface area contributed by atoms with Crippen molar-refractivity contribution < 1.29 is 9.90 Å². The predicted octanol–water partition coefficient (Wildman–Crippen LogP) is 3.38. The number of rotatable bonds is 5. The van der Waals surface area contributed by atoms with Crippen molar-refractivity contribution in [2.75, 3.05) is 25.0 Å². The lowest BCUT2D eigenvalue weighted by atomic mass is 10.1. The zero-order valence-electron chi connectivity index (χ0n) is 14.8. The third-order valence-corrected chi connectivity index (χ3v) is 5.25. The highest BCUT2D eigenvalue weighted by molar-refractivity contribution is 6.10. The number of aromatic carboxylic acids is 1. The minimum absolute atomic E-state index is 0.243. The second kappa shape index (κ2) is 6.88. The van der Waals surface area contributed by atoms with Crippen LogP contribution >= 0.6 is 0 Å². The molecule has 3 heterocycles. The summed E-state index contributed by atoms with van der Waals surface area (Å²) in [5.74, 6) is -0.153. The molecule has 1 aliphatic heterocycles. The molecule has 3 aromatic rings. The number of aromatic nitrogens is 2. The standard InChI is InChI=1S/C20H22N4O2/c1-2-24-9-3-4-14(24)11-22-19-16-7-8-21-12-17(16)15-6-5-13(20(25)26)10-18(15)23-19/h5-8,10,12,14H,2-4,9,11H2,1H3,(H,22,23)(H,25,26). The molecule has 1 atom stereocenters. The number of benzene rings is 1. The van der Waals surface area contributed by atoms with Gasteiger partial charge in [-0.1, -0.05) is 13.0 Å². The first-order valence-corrected chi connectivity index (χ1v) is 9.06. The molecule has 2 N–H and O–H groups in total. The number of carboxylic acid groups (broad SMARTS) is 1. The monoisotopic (exact) mass is 350 g/mol. The molecule has 1 saturated heterocycles. The van der Waals surface area contributed by atoms with Gasteiger partial charge in [0.1, 0.15) is 5.82 Å². The molecule has 1 unspecified atom stereocenters. The van der Waals surface area contributed by atoms with Crippen molar-refractivity contribution in [3.8, 4) is 0 Å².